The number of nitrogens with two attached hydrogens (primary N) is 1. The highest BCUT2D eigenvalue weighted by Crippen LogP contribution is 2.34. The Kier molecular flexibility index (Phi) is 3.23. The molecule has 1 unspecified atom stereocenters. The summed E-state index contributed by atoms with van der Waals surface area (Å²) in [6.45, 7) is -2.97. The Morgan fingerprint density at radius 1 is 1.75 bits per heavy atom. The van der Waals surface area contributed by atoms with Crippen LogP contribution in [-0.2, 0) is 4.74 Å². The smallest absolute Gasteiger partial charge is 0.347 e. The van der Waals surface area contributed by atoms with Gasteiger partial charge in [0.15, 0.2) is 11.8 Å². The van der Waals surface area contributed by atoms with E-state index in [-0.39, 0.29) is 0 Å². The van der Waals surface area contributed by atoms with Gasteiger partial charge in [0, 0.05) is 5.38 Å². The van der Waals surface area contributed by atoms with Crippen molar-refractivity contribution in [3.8, 4) is 11.3 Å². The maximum Gasteiger partial charge on any atom is 0.347 e. The van der Waals surface area contributed by atoms with E-state index < -0.39 is 41.8 Å². The standard InChI is InChI=1S/C10H11ClN4O5/c11-2-1-10(12)7(18)5(4-16)20-8(10)15-9(19)14-6(17)3-13-15/h3,5,7-8,16,18H,4,12H2,(H,14,17,19)/t5-,7+,8-,10?/m1/s1/i4D2. The lowest BCUT2D eigenvalue weighted by Crippen LogP contribution is -2.55. The first-order valence-electron chi connectivity index (χ1n) is 6.27. The quantitative estimate of drug-likeness (QED) is 0.428. The van der Waals surface area contributed by atoms with Crippen LogP contribution in [0, 0.1) is 11.3 Å². The molecule has 0 saturated carbocycles. The van der Waals surface area contributed by atoms with E-state index >= 15 is 0 Å². The Labute approximate surface area is 119 Å². The summed E-state index contributed by atoms with van der Waals surface area (Å²) in [4.78, 5) is 24.7. The van der Waals surface area contributed by atoms with Crippen LogP contribution in [0.3, 0.4) is 0 Å². The Hall–Kier alpha value is -1.70. The van der Waals surface area contributed by atoms with E-state index in [1.165, 1.54) is 0 Å². The highest BCUT2D eigenvalue weighted by molar-refractivity contribution is 6.30. The van der Waals surface area contributed by atoms with Gasteiger partial charge in [-0.2, -0.15) is 9.78 Å². The first-order valence-corrected chi connectivity index (χ1v) is 5.65. The van der Waals surface area contributed by atoms with Gasteiger partial charge in [-0.1, -0.05) is 5.92 Å². The highest BCUT2D eigenvalue weighted by Gasteiger charge is 2.55. The molecule has 0 bridgehead atoms. The van der Waals surface area contributed by atoms with Crippen molar-refractivity contribution in [2.45, 2.75) is 24.0 Å². The second kappa shape index (κ2) is 5.35. The summed E-state index contributed by atoms with van der Waals surface area (Å²) >= 11 is 5.29. The number of nitrogens with zero attached hydrogens (tertiary/aromatic N) is 2. The van der Waals surface area contributed by atoms with Gasteiger partial charge in [0.2, 0.25) is 0 Å². The second-order valence-corrected chi connectivity index (χ2v) is 4.21. The van der Waals surface area contributed by atoms with Gasteiger partial charge in [-0.3, -0.25) is 9.78 Å². The van der Waals surface area contributed by atoms with Crippen LogP contribution < -0.4 is 17.0 Å². The van der Waals surface area contributed by atoms with Crippen LogP contribution in [-0.4, -0.2) is 49.3 Å². The van der Waals surface area contributed by atoms with Crippen LogP contribution in [0.5, 0.6) is 0 Å². The normalized spacial score (nSPS) is 34.9. The van der Waals surface area contributed by atoms with Gasteiger partial charge in [-0.15, -0.1) is 0 Å². The Balaban J connectivity index is 2.59. The van der Waals surface area contributed by atoms with Crippen molar-refractivity contribution < 1.29 is 17.7 Å². The number of H-pyrrole nitrogens is 1. The molecule has 5 N–H and O–H groups in total. The number of rotatable bonds is 2. The molecular formula is C10H11ClN4O5. The van der Waals surface area contributed by atoms with Crippen LogP contribution in [0.15, 0.2) is 15.8 Å². The van der Waals surface area contributed by atoms with E-state index in [9.17, 15) is 19.8 Å². The van der Waals surface area contributed by atoms with Crippen LogP contribution in [0.2, 0.25) is 0 Å². The van der Waals surface area contributed by atoms with Gasteiger partial charge in [0.1, 0.15) is 18.4 Å². The van der Waals surface area contributed by atoms with E-state index in [1.807, 2.05) is 10.4 Å². The summed E-state index contributed by atoms with van der Waals surface area (Å²) in [6, 6.07) is 0. The lowest BCUT2D eigenvalue weighted by atomic mass is 9.92. The summed E-state index contributed by atoms with van der Waals surface area (Å²) in [5.41, 5.74) is 2.04. The van der Waals surface area contributed by atoms with E-state index in [0.717, 1.165) is 6.20 Å². The molecule has 1 aromatic heterocycles. The Morgan fingerprint density at radius 3 is 3.00 bits per heavy atom. The Morgan fingerprint density at radius 2 is 2.45 bits per heavy atom. The minimum absolute atomic E-state index is 0.567. The van der Waals surface area contributed by atoms with Crippen molar-refractivity contribution in [2.24, 2.45) is 5.73 Å². The molecule has 4 atom stereocenters. The molecule has 2 heterocycles. The van der Waals surface area contributed by atoms with Gasteiger partial charge >= 0.3 is 5.69 Å². The van der Waals surface area contributed by atoms with Crippen molar-refractivity contribution in [3.63, 3.8) is 0 Å². The predicted octanol–water partition coefficient (Wildman–Crippen LogP) is -2.92. The summed E-state index contributed by atoms with van der Waals surface area (Å²) < 4.78 is 20.2. The van der Waals surface area contributed by atoms with Crippen LogP contribution in [0.25, 0.3) is 0 Å². The number of nitrogens with one attached hydrogen (secondary N) is 1. The number of aromatic amines is 1. The van der Waals surface area contributed by atoms with Gasteiger partial charge in [0.25, 0.3) is 5.56 Å². The summed E-state index contributed by atoms with van der Waals surface area (Å²) in [5.74, 6) is 2.21. The van der Waals surface area contributed by atoms with Crippen molar-refractivity contribution >= 4 is 11.6 Å². The summed E-state index contributed by atoms with van der Waals surface area (Å²) in [5, 5.41) is 25.0. The number of halogens is 1. The van der Waals surface area contributed by atoms with Crippen molar-refractivity contribution in [1.29, 1.82) is 0 Å². The molecule has 0 aromatic carbocycles. The third-order valence-corrected chi connectivity index (χ3v) is 2.91. The molecule has 1 aliphatic heterocycles. The van der Waals surface area contributed by atoms with Crippen molar-refractivity contribution in [2.75, 3.05) is 6.56 Å². The van der Waals surface area contributed by atoms with Crippen LogP contribution in [0.4, 0.5) is 0 Å². The molecule has 0 radical (unpaired) electrons. The molecule has 9 nitrogen and oxygen atoms in total. The zero-order valence-corrected chi connectivity index (χ0v) is 10.5. The fourth-order valence-corrected chi connectivity index (χ4v) is 1.99. The average molecular weight is 305 g/mol. The van der Waals surface area contributed by atoms with Gasteiger partial charge in [-0.05, 0) is 11.6 Å². The first kappa shape index (κ1) is 12.1. The zero-order chi connectivity index (χ0) is 16.7. The number of aliphatic hydroxyl groups is 2. The minimum Gasteiger partial charge on any atom is -0.394 e. The summed E-state index contributed by atoms with van der Waals surface area (Å²) in [7, 11) is 0. The number of aliphatic hydroxyl groups excluding tert-OH is 1. The molecule has 0 spiro atoms. The van der Waals surface area contributed by atoms with Gasteiger partial charge in [0.05, 0.1) is 9.30 Å². The average Bonchev–Trinajstić information content (AvgIpc) is 2.63. The maximum atomic E-state index is 11.8. The number of ether oxygens (including phenoxy) is 1. The van der Waals surface area contributed by atoms with E-state index in [1.54, 1.807) is 0 Å². The SMILES string of the molecule is [2H]C([2H])(O)[C@H]1O[C@@H](n2ncc(=O)[nH]c2=O)C(N)(C#CCl)[C@H]1O. The molecule has 10 heteroatoms. The highest BCUT2D eigenvalue weighted by atomic mass is 35.5. The van der Waals surface area contributed by atoms with Crippen LogP contribution >= 0.6 is 11.6 Å². The van der Waals surface area contributed by atoms with E-state index in [4.69, 9.17) is 24.8 Å². The fourth-order valence-electron chi connectivity index (χ4n) is 1.83. The Bertz CT molecular complexity index is 750. The van der Waals surface area contributed by atoms with Gasteiger partial charge in [-0.25, -0.2) is 4.79 Å². The van der Waals surface area contributed by atoms with Crippen LogP contribution in [0.1, 0.15) is 8.97 Å². The third-order valence-electron chi connectivity index (χ3n) is 2.81. The predicted molar refractivity (Wildman–Crippen MR) is 66.7 cm³/mol. The molecule has 1 saturated heterocycles. The molecular weight excluding hydrogens is 292 g/mol. The maximum absolute atomic E-state index is 11.8. The molecule has 1 aromatic rings. The molecule has 20 heavy (non-hydrogen) atoms. The topological polar surface area (TPSA) is 143 Å². The third kappa shape index (κ3) is 2.24. The summed E-state index contributed by atoms with van der Waals surface area (Å²) in [6.07, 6.45) is -4.48. The molecule has 0 aliphatic carbocycles. The van der Waals surface area contributed by atoms with Gasteiger partial charge < -0.3 is 20.7 Å². The van der Waals surface area contributed by atoms with Crippen molar-refractivity contribution in [3.05, 3.63) is 27.0 Å². The minimum atomic E-state index is -2.97. The van der Waals surface area contributed by atoms with Crippen molar-refractivity contribution in [1.82, 2.24) is 14.8 Å². The lowest BCUT2D eigenvalue weighted by Gasteiger charge is -2.26. The fraction of sp³-hybridized carbons (Fsp3) is 0.500. The molecule has 2 rings (SSSR count). The number of aromatic nitrogens is 3. The number of hydrogen-bond acceptors (Lipinski definition) is 7. The number of hydrogen-bond donors (Lipinski definition) is 4. The van der Waals surface area contributed by atoms with E-state index in [2.05, 4.69) is 11.0 Å². The largest absolute Gasteiger partial charge is 0.394 e. The molecule has 1 aliphatic rings. The monoisotopic (exact) mass is 304 g/mol. The zero-order valence-electron chi connectivity index (χ0n) is 11.8. The molecule has 1 fully saturated rings. The lowest BCUT2D eigenvalue weighted by molar-refractivity contribution is -0.0530. The molecule has 0 amide bonds. The first-order chi connectivity index (χ1) is 10.1. The second-order valence-electron chi connectivity index (χ2n) is 4.02. The van der Waals surface area contributed by atoms with E-state index in [0.29, 0.717) is 4.68 Å². The molecule has 108 valence electrons.